The van der Waals surface area contributed by atoms with Crippen LogP contribution in [0.4, 0.5) is 0 Å². The van der Waals surface area contributed by atoms with Crippen LogP contribution < -0.4 is 5.32 Å². The lowest BCUT2D eigenvalue weighted by molar-refractivity contribution is -0.126. The normalized spacial score (nSPS) is 23.4. The van der Waals surface area contributed by atoms with Gasteiger partial charge in [-0.2, -0.15) is 0 Å². The van der Waals surface area contributed by atoms with Crippen molar-refractivity contribution in [2.45, 2.75) is 127 Å². The zero-order chi connectivity index (χ0) is 25.4. The van der Waals surface area contributed by atoms with Crippen LogP contribution in [0.25, 0.3) is 0 Å². The highest BCUT2D eigenvalue weighted by atomic mass is 16.5. The third-order valence-corrected chi connectivity index (χ3v) is 7.77. The zero-order valence-corrected chi connectivity index (χ0v) is 22.7. The van der Waals surface area contributed by atoms with Gasteiger partial charge in [-0.05, 0) is 44.8 Å². The van der Waals surface area contributed by atoms with E-state index in [-0.39, 0.29) is 18.1 Å². The SMILES string of the molecule is C=C/C=C\C(=C/C=C)OCC(=O)NC(C)(C)CCC1CCCC([B]C2CCCCCCC2)CCC1. The smallest absolute Gasteiger partial charge is 0.258 e. The van der Waals surface area contributed by atoms with E-state index in [0.717, 1.165) is 24.0 Å². The van der Waals surface area contributed by atoms with E-state index in [1.54, 1.807) is 30.4 Å². The van der Waals surface area contributed by atoms with Gasteiger partial charge in [0.2, 0.25) is 0 Å². The summed E-state index contributed by atoms with van der Waals surface area (Å²) in [6.07, 6.45) is 29.1. The fourth-order valence-electron chi connectivity index (χ4n) is 5.79. The molecule has 3 nitrogen and oxygen atoms in total. The highest BCUT2D eigenvalue weighted by molar-refractivity contribution is 6.39. The third-order valence-electron chi connectivity index (χ3n) is 7.77. The van der Waals surface area contributed by atoms with E-state index in [2.05, 4.69) is 39.6 Å². The van der Waals surface area contributed by atoms with Crippen molar-refractivity contribution in [3.63, 3.8) is 0 Å². The molecule has 35 heavy (non-hydrogen) atoms. The Morgan fingerprint density at radius 3 is 2.11 bits per heavy atom. The van der Waals surface area contributed by atoms with Crippen molar-refractivity contribution in [3.05, 3.63) is 49.3 Å². The van der Waals surface area contributed by atoms with E-state index in [9.17, 15) is 4.79 Å². The second-order valence-corrected chi connectivity index (χ2v) is 11.4. The predicted octanol–water partition coefficient (Wildman–Crippen LogP) is 8.49. The van der Waals surface area contributed by atoms with Crippen LogP contribution in [0.3, 0.4) is 0 Å². The summed E-state index contributed by atoms with van der Waals surface area (Å²) in [5.41, 5.74) is -0.226. The minimum atomic E-state index is -0.226. The largest absolute Gasteiger partial charge is 0.484 e. The molecule has 0 unspecified atom stereocenters. The van der Waals surface area contributed by atoms with Gasteiger partial charge in [-0.15, -0.1) is 0 Å². The van der Waals surface area contributed by atoms with E-state index in [1.165, 1.54) is 89.9 Å². The first-order valence-corrected chi connectivity index (χ1v) is 14.3. The van der Waals surface area contributed by atoms with Crippen molar-refractivity contribution >= 4 is 13.2 Å². The van der Waals surface area contributed by atoms with Gasteiger partial charge >= 0.3 is 0 Å². The quantitative estimate of drug-likeness (QED) is 0.173. The maximum absolute atomic E-state index is 12.5. The minimum absolute atomic E-state index is 0.00684. The number of allylic oxidation sites excluding steroid dienone is 5. The fourth-order valence-corrected chi connectivity index (χ4v) is 5.79. The van der Waals surface area contributed by atoms with Gasteiger partial charge in [0.15, 0.2) is 6.61 Å². The van der Waals surface area contributed by atoms with E-state index >= 15 is 0 Å². The average molecular weight is 481 g/mol. The molecule has 0 bridgehead atoms. The third kappa shape index (κ3) is 13.3. The standard InChI is InChI=1S/C31H51BNO2/c1-5-7-22-29(15-6-2)35-25-30(34)33-31(3,4)24-23-26-16-13-20-28(21-14-17-26)32-27-18-11-9-8-10-12-19-27/h5-7,15,22,26-28H,1-2,8-14,16-21,23-25H2,3-4H3,(H,33,34)/b22-7-,29-15+. The Balaban J connectivity index is 1.69. The maximum Gasteiger partial charge on any atom is 0.258 e. The molecule has 2 saturated carbocycles. The lowest BCUT2D eigenvalue weighted by Gasteiger charge is -2.31. The molecule has 0 aromatic rings. The number of carbonyl (C=O) groups is 1. The molecule has 2 rings (SSSR count). The average Bonchev–Trinajstić information content (AvgIpc) is 2.77. The molecule has 2 aliphatic rings. The van der Waals surface area contributed by atoms with Crippen molar-refractivity contribution in [2.24, 2.45) is 5.92 Å². The van der Waals surface area contributed by atoms with Crippen molar-refractivity contribution in [1.29, 1.82) is 0 Å². The molecule has 1 N–H and O–H groups in total. The molecule has 0 saturated heterocycles. The molecular formula is C31H51BNO2. The summed E-state index contributed by atoms with van der Waals surface area (Å²) < 4.78 is 5.63. The first kappa shape index (κ1) is 29.5. The molecule has 0 spiro atoms. The molecule has 4 heteroatoms. The van der Waals surface area contributed by atoms with Crippen LogP contribution in [0.2, 0.25) is 11.6 Å². The molecule has 195 valence electrons. The van der Waals surface area contributed by atoms with Crippen LogP contribution in [0.15, 0.2) is 49.3 Å². The Morgan fingerprint density at radius 2 is 1.51 bits per heavy atom. The van der Waals surface area contributed by atoms with Crippen LogP contribution in [-0.2, 0) is 9.53 Å². The summed E-state index contributed by atoms with van der Waals surface area (Å²) in [5, 5.41) is 3.17. The van der Waals surface area contributed by atoms with Crippen LogP contribution in [0.1, 0.15) is 110 Å². The van der Waals surface area contributed by atoms with Crippen molar-refractivity contribution in [1.82, 2.24) is 5.32 Å². The molecule has 0 aromatic heterocycles. The van der Waals surface area contributed by atoms with Gasteiger partial charge in [-0.1, -0.05) is 126 Å². The predicted molar refractivity (Wildman–Crippen MR) is 152 cm³/mol. The molecule has 0 heterocycles. The maximum atomic E-state index is 12.5. The molecule has 0 aliphatic heterocycles. The first-order chi connectivity index (χ1) is 16.9. The Hall–Kier alpha value is -1.71. The highest BCUT2D eigenvalue weighted by Crippen LogP contribution is 2.36. The fraction of sp³-hybridized carbons (Fsp3) is 0.710. The molecule has 0 aromatic carbocycles. The molecule has 2 aliphatic carbocycles. The monoisotopic (exact) mass is 480 g/mol. The summed E-state index contributed by atoms with van der Waals surface area (Å²) in [6.45, 7) is 11.6. The number of amides is 1. The summed E-state index contributed by atoms with van der Waals surface area (Å²) in [4.78, 5) is 12.5. The number of carbonyl (C=O) groups excluding carboxylic acids is 1. The summed E-state index contributed by atoms with van der Waals surface area (Å²) in [6, 6.07) is 0. The van der Waals surface area contributed by atoms with Crippen LogP contribution in [-0.4, -0.2) is 25.3 Å². The Labute approximate surface area is 217 Å². The van der Waals surface area contributed by atoms with Gasteiger partial charge in [-0.25, -0.2) is 0 Å². The Bertz CT molecular complexity index is 678. The van der Waals surface area contributed by atoms with E-state index in [4.69, 9.17) is 4.74 Å². The van der Waals surface area contributed by atoms with E-state index in [1.807, 2.05) is 0 Å². The topological polar surface area (TPSA) is 38.3 Å². The Kier molecular flexibility index (Phi) is 14.2. The van der Waals surface area contributed by atoms with Gasteiger partial charge in [0.1, 0.15) is 13.0 Å². The molecular weight excluding hydrogens is 429 g/mol. The second kappa shape index (κ2) is 16.9. The summed E-state index contributed by atoms with van der Waals surface area (Å²) >= 11 is 0. The summed E-state index contributed by atoms with van der Waals surface area (Å²) in [7, 11) is 2.77. The number of rotatable bonds is 12. The summed E-state index contributed by atoms with van der Waals surface area (Å²) in [5.74, 6) is 3.04. The van der Waals surface area contributed by atoms with Gasteiger partial charge in [0.05, 0.1) is 0 Å². The Morgan fingerprint density at radius 1 is 0.914 bits per heavy atom. The van der Waals surface area contributed by atoms with Gasteiger partial charge in [0, 0.05) is 5.54 Å². The molecule has 1 radical (unpaired) electrons. The van der Waals surface area contributed by atoms with Crippen LogP contribution >= 0.6 is 0 Å². The molecule has 1 amide bonds. The van der Waals surface area contributed by atoms with Crippen molar-refractivity contribution in [2.75, 3.05) is 6.61 Å². The first-order valence-electron chi connectivity index (χ1n) is 14.3. The van der Waals surface area contributed by atoms with Crippen molar-refractivity contribution < 1.29 is 9.53 Å². The number of hydrogen-bond donors (Lipinski definition) is 1. The van der Waals surface area contributed by atoms with E-state index < -0.39 is 0 Å². The van der Waals surface area contributed by atoms with Crippen LogP contribution in [0.5, 0.6) is 0 Å². The van der Waals surface area contributed by atoms with Gasteiger partial charge < -0.3 is 10.1 Å². The molecule has 2 fully saturated rings. The number of nitrogens with one attached hydrogen (secondary N) is 1. The molecule has 0 atom stereocenters. The van der Waals surface area contributed by atoms with Crippen molar-refractivity contribution in [3.8, 4) is 0 Å². The zero-order valence-electron chi connectivity index (χ0n) is 22.7. The highest BCUT2D eigenvalue weighted by Gasteiger charge is 2.25. The lowest BCUT2D eigenvalue weighted by Crippen LogP contribution is -2.45. The van der Waals surface area contributed by atoms with Gasteiger partial charge in [-0.3, -0.25) is 4.79 Å². The lowest BCUT2D eigenvalue weighted by atomic mass is 9.49. The second-order valence-electron chi connectivity index (χ2n) is 11.4. The van der Waals surface area contributed by atoms with Crippen LogP contribution in [0, 0.1) is 5.92 Å². The minimum Gasteiger partial charge on any atom is -0.484 e. The number of hydrogen-bond acceptors (Lipinski definition) is 2. The van der Waals surface area contributed by atoms with Gasteiger partial charge in [0.25, 0.3) is 5.91 Å². The number of ether oxygens (including phenoxy) is 1. The van der Waals surface area contributed by atoms with E-state index in [0.29, 0.717) is 5.76 Å².